The molecule has 17 aromatic rings. The predicted molar refractivity (Wildman–Crippen MR) is 432 cm³/mol. The molecule has 1 atom stereocenters. The molecule has 0 amide bonds. The van der Waals surface area contributed by atoms with Crippen LogP contribution in [0.3, 0.4) is 0 Å². The lowest BCUT2D eigenvalue weighted by atomic mass is 9.86. The van der Waals surface area contributed by atoms with Crippen LogP contribution in [-0.2, 0) is 6.42 Å². The summed E-state index contributed by atoms with van der Waals surface area (Å²) in [5, 5.41) is 11.8. The molecule has 0 radical (unpaired) electrons. The van der Waals surface area contributed by atoms with Gasteiger partial charge in [-0.25, -0.2) is 0 Å². The van der Waals surface area contributed by atoms with Gasteiger partial charge in [0.2, 0.25) is 0 Å². The van der Waals surface area contributed by atoms with E-state index in [2.05, 4.69) is 403 Å². The fraction of sp³-hybridized carbons (Fsp3) is 0.0309. The summed E-state index contributed by atoms with van der Waals surface area (Å²) >= 11 is 0. The van der Waals surface area contributed by atoms with Crippen LogP contribution in [0.25, 0.3) is 82.2 Å². The maximum Gasteiger partial charge on any atom is 0.172 e. The highest BCUT2D eigenvalue weighted by atomic mass is 16.6. The van der Waals surface area contributed by atoms with E-state index in [0.717, 1.165) is 118 Å². The normalized spacial score (nSPS) is 12.9. The highest BCUT2D eigenvalue weighted by molar-refractivity contribution is 6.15. The average Bonchev–Trinajstić information content (AvgIpc) is 0.756. The summed E-state index contributed by atoms with van der Waals surface area (Å²) < 4.78 is 14.0. The molecule has 6 heteroatoms. The van der Waals surface area contributed by atoms with Crippen molar-refractivity contribution in [2.75, 3.05) is 19.6 Å². The summed E-state index contributed by atoms with van der Waals surface area (Å²) in [7, 11) is 0. The van der Waals surface area contributed by atoms with Gasteiger partial charge in [0.05, 0.1) is 34.1 Å². The Bertz CT molecular complexity index is 6130. The lowest BCUT2D eigenvalue weighted by Crippen LogP contribution is -2.13. The Morgan fingerprint density at radius 3 is 1.24 bits per heavy atom. The van der Waals surface area contributed by atoms with Crippen molar-refractivity contribution >= 4 is 128 Å². The first kappa shape index (κ1) is 60.7. The SMILES string of the molecule is CC1C=Cc2c(cc(N(c3ccccc3)c3ccc4c(c3)Oc3ccc(N(c5cccc(-c6cc(N(c7ccccc7)c7ccc(-c8ccc(N(c9ccccc9)c9cccc%10ccccc9%10)cc8)cc7)c7ccccc7c6)c5)c5cc6ccccc6c6ccccc56)cc3O4)c3ccccc23)C1. The summed E-state index contributed by atoms with van der Waals surface area (Å²) in [6.45, 7) is 2.29. The molecule has 0 N–H and O–H groups in total. The Balaban J connectivity index is 0.688. The van der Waals surface area contributed by atoms with Gasteiger partial charge in [0.1, 0.15) is 0 Å². The molecule has 0 spiro atoms. The Labute approximate surface area is 599 Å². The van der Waals surface area contributed by atoms with Gasteiger partial charge >= 0.3 is 0 Å². The minimum atomic E-state index is 0.448. The van der Waals surface area contributed by atoms with Crippen molar-refractivity contribution in [1.82, 2.24) is 0 Å². The van der Waals surface area contributed by atoms with Crippen molar-refractivity contribution in [3.63, 3.8) is 0 Å². The van der Waals surface area contributed by atoms with Crippen molar-refractivity contribution in [1.29, 1.82) is 0 Å². The van der Waals surface area contributed by atoms with Crippen molar-refractivity contribution in [3.8, 4) is 45.3 Å². The summed E-state index contributed by atoms with van der Waals surface area (Å²) in [6.07, 6.45) is 5.63. The smallest absolute Gasteiger partial charge is 0.172 e. The molecule has 0 bridgehead atoms. The Kier molecular flexibility index (Phi) is 15.2. The van der Waals surface area contributed by atoms with Crippen molar-refractivity contribution in [2.45, 2.75) is 13.3 Å². The third kappa shape index (κ3) is 11.1. The van der Waals surface area contributed by atoms with E-state index in [1.807, 2.05) is 0 Å². The number of hydrogen-bond acceptors (Lipinski definition) is 6. The minimum Gasteiger partial charge on any atom is -0.449 e. The number of rotatable bonds is 14. The Morgan fingerprint density at radius 2 is 0.641 bits per heavy atom. The molecule has 488 valence electrons. The van der Waals surface area contributed by atoms with Gasteiger partial charge in [-0.2, -0.15) is 0 Å². The third-order valence-corrected chi connectivity index (χ3v) is 20.5. The summed E-state index contributed by atoms with van der Waals surface area (Å²) in [6, 6.07) is 131. The largest absolute Gasteiger partial charge is 0.449 e. The van der Waals surface area contributed by atoms with Crippen LogP contribution >= 0.6 is 0 Å². The van der Waals surface area contributed by atoms with E-state index in [0.29, 0.717) is 28.9 Å². The molecule has 0 aromatic heterocycles. The van der Waals surface area contributed by atoms with E-state index in [-0.39, 0.29) is 0 Å². The zero-order valence-corrected chi connectivity index (χ0v) is 56.7. The minimum absolute atomic E-state index is 0.448. The molecule has 2 aliphatic rings. The standard InChI is InChI=1S/C97H68N4O2/c1-65-43-54-83-73(57-65)62-93(89-41-20-18-39-87(83)89)100(76-32-9-4-10-33-76)80-52-55-94-96(63-80)102-95-56-53-81(64-97(95)103-94)101(92-60-71-25-12-14-35-82(71)86-38-17-19-40-88(86)92)79-34-21-27-69(59-79)72-58-70-24-13-16-37-85(70)91(61-72)99(75-30-7-3-8-31-75)78-50-46-67(47-51-78)66-44-48-77(49-45-66)98(74-28-5-2-6-29-74)90-42-22-26-68-23-11-15-36-84(68)90/h2-56,58-65H,57H2,1H3. The maximum absolute atomic E-state index is 7.04. The number of anilines is 12. The lowest BCUT2D eigenvalue weighted by Gasteiger charge is -2.31. The maximum atomic E-state index is 7.04. The Morgan fingerprint density at radius 1 is 0.243 bits per heavy atom. The first-order chi connectivity index (χ1) is 51.0. The molecular weight excluding hydrogens is 1250 g/mol. The number of allylic oxidation sites excluding steroid dienone is 1. The Hall–Kier alpha value is -13.4. The molecule has 1 aliphatic heterocycles. The molecule has 6 nitrogen and oxygen atoms in total. The molecule has 0 fully saturated rings. The fourth-order valence-corrected chi connectivity index (χ4v) is 15.6. The monoisotopic (exact) mass is 1320 g/mol. The predicted octanol–water partition coefficient (Wildman–Crippen LogP) is 27.8. The quantitative estimate of drug-likeness (QED) is 0.101. The van der Waals surface area contributed by atoms with Crippen molar-refractivity contribution in [2.24, 2.45) is 5.92 Å². The molecule has 17 aromatic carbocycles. The number of ether oxygens (including phenoxy) is 2. The highest BCUT2D eigenvalue weighted by Gasteiger charge is 2.28. The molecule has 19 rings (SSSR count). The first-order valence-electron chi connectivity index (χ1n) is 35.4. The second kappa shape index (κ2) is 25.7. The topological polar surface area (TPSA) is 31.4 Å². The number of nitrogens with zero attached hydrogens (tertiary/aromatic N) is 4. The van der Waals surface area contributed by atoms with E-state index in [9.17, 15) is 0 Å². The molecule has 1 aliphatic carbocycles. The zero-order valence-electron chi connectivity index (χ0n) is 56.7. The number of para-hydroxylation sites is 3. The van der Waals surface area contributed by atoms with Crippen LogP contribution in [0, 0.1) is 5.92 Å². The van der Waals surface area contributed by atoms with Crippen LogP contribution in [0.5, 0.6) is 23.0 Å². The van der Waals surface area contributed by atoms with Gasteiger partial charge in [0, 0.05) is 67.8 Å². The van der Waals surface area contributed by atoms with E-state index in [4.69, 9.17) is 9.47 Å². The molecule has 1 unspecified atom stereocenters. The highest BCUT2D eigenvalue weighted by Crippen LogP contribution is 2.53. The van der Waals surface area contributed by atoms with E-state index in [1.54, 1.807) is 0 Å². The second-order valence-corrected chi connectivity index (χ2v) is 26.9. The van der Waals surface area contributed by atoms with Crippen LogP contribution in [0.2, 0.25) is 0 Å². The lowest BCUT2D eigenvalue weighted by molar-refractivity contribution is 0.360. The summed E-state index contributed by atoms with van der Waals surface area (Å²) in [4.78, 5) is 9.50. The van der Waals surface area contributed by atoms with Gasteiger partial charge < -0.3 is 29.1 Å². The summed E-state index contributed by atoms with van der Waals surface area (Å²) in [5.74, 6) is 2.99. The van der Waals surface area contributed by atoms with Crippen LogP contribution in [0.4, 0.5) is 68.2 Å². The van der Waals surface area contributed by atoms with Crippen LogP contribution in [0.15, 0.2) is 370 Å². The van der Waals surface area contributed by atoms with Crippen molar-refractivity contribution in [3.05, 3.63) is 381 Å². The molecule has 0 saturated heterocycles. The van der Waals surface area contributed by atoms with Crippen LogP contribution in [-0.4, -0.2) is 0 Å². The number of benzene rings is 17. The first-order valence-corrected chi connectivity index (χ1v) is 35.4. The fourth-order valence-electron chi connectivity index (χ4n) is 15.6. The zero-order chi connectivity index (χ0) is 68.3. The van der Waals surface area contributed by atoms with Gasteiger partial charge in [-0.1, -0.05) is 244 Å². The molecular formula is C97H68N4O2. The van der Waals surface area contributed by atoms with E-state index in [1.165, 1.54) is 43.4 Å². The van der Waals surface area contributed by atoms with Crippen LogP contribution in [0.1, 0.15) is 18.1 Å². The molecule has 1 heterocycles. The van der Waals surface area contributed by atoms with Gasteiger partial charge in [-0.05, 0) is 205 Å². The van der Waals surface area contributed by atoms with Gasteiger partial charge in [0.25, 0.3) is 0 Å². The second-order valence-electron chi connectivity index (χ2n) is 26.9. The molecule has 103 heavy (non-hydrogen) atoms. The van der Waals surface area contributed by atoms with Crippen LogP contribution < -0.4 is 29.1 Å². The van der Waals surface area contributed by atoms with E-state index >= 15 is 0 Å². The summed E-state index contributed by atoms with van der Waals surface area (Å²) in [5.41, 5.74) is 19.7. The average molecular weight is 1320 g/mol. The number of fused-ring (bicyclic) bond motifs is 10. The number of hydrogen-bond donors (Lipinski definition) is 0. The van der Waals surface area contributed by atoms with Gasteiger partial charge in [-0.15, -0.1) is 0 Å². The third-order valence-electron chi connectivity index (χ3n) is 20.5. The van der Waals surface area contributed by atoms with Gasteiger partial charge in [0.15, 0.2) is 23.0 Å². The molecule has 0 saturated carbocycles. The van der Waals surface area contributed by atoms with Gasteiger partial charge in [-0.3, -0.25) is 0 Å². The van der Waals surface area contributed by atoms with E-state index < -0.39 is 0 Å². The van der Waals surface area contributed by atoms with Crippen molar-refractivity contribution < 1.29 is 9.47 Å².